The summed E-state index contributed by atoms with van der Waals surface area (Å²) in [5.41, 5.74) is 10.9. The maximum atomic E-state index is 8.83. The zero-order chi connectivity index (χ0) is 14.6. The number of nitrogens with zero attached hydrogens (tertiary/aromatic N) is 2. The fourth-order valence-electron chi connectivity index (χ4n) is 1.70. The average Bonchev–Trinajstić information content (AvgIpc) is 2.29. The number of nitrogens with one attached hydrogen (secondary N) is 2. The quantitative estimate of drug-likeness (QED) is 0.441. The van der Waals surface area contributed by atoms with E-state index in [4.69, 9.17) is 16.4 Å². The molecule has 0 saturated carbocycles. The summed E-state index contributed by atoms with van der Waals surface area (Å²) in [5.74, 6) is -0.346. The van der Waals surface area contributed by atoms with Crippen LogP contribution < -0.4 is 11.2 Å². The minimum Gasteiger partial charge on any atom is -0.382 e. The van der Waals surface area contributed by atoms with Crippen molar-refractivity contribution in [2.45, 2.75) is 33.1 Å². The number of amidine groups is 1. The monoisotopic (exact) mass is 257 g/mol. The van der Waals surface area contributed by atoms with Crippen LogP contribution in [0.5, 0.6) is 0 Å². The first-order valence-electron chi connectivity index (χ1n) is 5.95. The first kappa shape index (κ1) is 14.7. The summed E-state index contributed by atoms with van der Waals surface area (Å²) in [7, 11) is 0. The molecule has 0 aliphatic heterocycles. The summed E-state index contributed by atoms with van der Waals surface area (Å²) in [6.07, 6.45) is 0. The van der Waals surface area contributed by atoms with E-state index in [0.29, 0.717) is 0 Å². The van der Waals surface area contributed by atoms with E-state index in [0.717, 1.165) is 16.8 Å². The number of anilines is 1. The van der Waals surface area contributed by atoms with E-state index in [-0.39, 0.29) is 17.0 Å². The Morgan fingerprint density at radius 1 is 1.42 bits per heavy atom. The molecule has 4 N–H and O–H groups in total. The van der Waals surface area contributed by atoms with Gasteiger partial charge in [-0.05, 0) is 23.5 Å². The third-order valence-corrected chi connectivity index (χ3v) is 2.72. The van der Waals surface area contributed by atoms with Crippen molar-refractivity contribution in [2.75, 3.05) is 5.43 Å². The molecule has 0 amide bonds. The van der Waals surface area contributed by atoms with Gasteiger partial charge in [-0.25, -0.2) is 0 Å². The molecule has 0 atom stereocenters. The van der Waals surface area contributed by atoms with E-state index in [9.17, 15) is 0 Å². The molecule has 0 bridgehead atoms. The van der Waals surface area contributed by atoms with Crippen LogP contribution in [0, 0.1) is 23.7 Å². The van der Waals surface area contributed by atoms with Gasteiger partial charge in [-0.3, -0.25) is 10.8 Å². The summed E-state index contributed by atoms with van der Waals surface area (Å²) in [6.45, 7) is 8.28. The Balaban J connectivity index is 3.22. The highest BCUT2D eigenvalue weighted by molar-refractivity contribution is 6.45. The zero-order valence-electron chi connectivity index (χ0n) is 11.7. The molecule has 1 rings (SSSR count). The highest BCUT2D eigenvalue weighted by Crippen LogP contribution is 2.31. The molecule has 100 valence electrons. The van der Waals surface area contributed by atoms with Crippen LogP contribution in [0.4, 0.5) is 5.69 Å². The van der Waals surface area contributed by atoms with Gasteiger partial charge in [-0.2, -0.15) is 10.4 Å². The number of nitriles is 1. The molecular weight excluding hydrogens is 238 g/mol. The Morgan fingerprint density at radius 2 is 2.05 bits per heavy atom. The topological polar surface area (TPSA) is 98.0 Å². The second-order valence-corrected chi connectivity index (χ2v) is 5.35. The van der Waals surface area contributed by atoms with Gasteiger partial charge in [-0.15, -0.1) is 0 Å². The lowest BCUT2D eigenvalue weighted by Crippen LogP contribution is -2.22. The van der Waals surface area contributed by atoms with Crippen LogP contribution >= 0.6 is 0 Å². The van der Waals surface area contributed by atoms with Gasteiger partial charge in [0, 0.05) is 0 Å². The molecule has 19 heavy (non-hydrogen) atoms. The Hall–Kier alpha value is -2.35. The molecule has 0 aliphatic carbocycles. The summed E-state index contributed by atoms with van der Waals surface area (Å²) < 4.78 is 0. The molecular formula is C14H19N5. The third-order valence-electron chi connectivity index (χ3n) is 2.72. The van der Waals surface area contributed by atoms with Gasteiger partial charge in [0.05, 0.1) is 5.69 Å². The van der Waals surface area contributed by atoms with E-state index in [1.54, 1.807) is 6.07 Å². The van der Waals surface area contributed by atoms with Crippen molar-refractivity contribution in [3.05, 3.63) is 29.3 Å². The van der Waals surface area contributed by atoms with Crippen molar-refractivity contribution in [2.24, 2.45) is 10.8 Å². The van der Waals surface area contributed by atoms with Crippen LogP contribution in [-0.4, -0.2) is 11.5 Å². The molecule has 0 fully saturated rings. The standard InChI is InChI=1S/C14H19N5/c1-9-6-5-7-10(14(2,3)4)12(9)19-18-11(8-15)13(16)17/h5-7,19H,1-4H3,(H3,16,17)/b18-11+. The van der Waals surface area contributed by atoms with E-state index in [1.165, 1.54) is 0 Å². The maximum Gasteiger partial charge on any atom is 0.201 e. The first-order valence-corrected chi connectivity index (χ1v) is 5.95. The van der Waals surface area contributed by atoms with Gasteiger partial charge in [-0.1, -0.05) is 39.0 Å². The molecule has 0 spiro atoms. The normalized spacial score (nSPS) is 11.8. The lowest BCUT2D eigenvalue weighted by Gasteiger charge is -2.23. The fraction of sp³-hybridized carbons (Fsp3) is 0.357. The van der Waals surface area contributed by atoms with E-state index < -0.39 is 0 Å². The van der Waals surface area contributed by atoms with Crippen molar-refractivity contribution < 1.29 is 0 Å². The summed E-state index contributed by atoms with van der Waals surface area (Å²) in [4.78, 5) is 0. The maximum absolute atomic E-state index is 8.83. The Kier molecular flexibility index (Phi) is 4.28. The Bertz CT molecular complexity index is 558. The van der Waals surface area contributed by atoms with Gasteiger partial charge in [0.1, 0.15) is 6.07 Å². The molecule has 5 nitrogen and oxygen atoms in total. The smallest absolute Gasteiger partial charge is 0.201 e. The molecule has 0 saturated heterocycles. The van der Waals surface area contributed by atoms with Crippen LogP contribution in [0.1, 0.15) is 31.9 Å². The minimum absolute atomic E-state index is 0.0487. The SMILES string of the molecule is Cc1cccc(C(C)(C)C)c1N/N=C(\C#N)C(=N)N. The molecule has 0 heterocycles. The predicted molar refractivity (Wildman–Crippen MR) is 78.5 cm³/mol. The minimum atomic E-state index is -0.346. The number of hydrazone groups is 1. The highest BCUT2D eigenvalue weighted by Gasteiger charge is 2.19. The number of nitrogens with two attached hydrogens (primary N) is 1. The van der Waals surface area contributed by atoms with Crippen molar-refractivity contribution in [3.8, 4) is 6.07 Å². The summed E-state index contributed by atoms with van der Waals surface area (Å²) in [5, 5.41) is 20.0. The molecule has 0 unspecified atom stereocenters. The van der Waals surface area contributed by atoms with E-state index in [1.807, 2.05) is 25.1 Å². The number of rotatable bonds is 3. The Labute approximate surface area is 113 Å². The van der Waals surface area contributed by atoms with Crippen LogP contribution in [0.2, 0.25) is 0 Å². The molecule has 1 aromatic carbocycles. The second-order valence-electron chi connectivity index (χ2n) is 5.35. The van der Waals surface area contributed by atoms with Gasteiger partial charge >= 0.3 is 0 Å². The number of benzene rings is 1. The fourth-order valence-corrected chi connectivity index (χ4v) is 1.70. The van der Waals surface area contributed by atoms with E-state index in [2.05, 4.69) is 31.3 Å². The van der Waals surface area contributed by atoms with Crippen molar-refractivity contribution in [3.63, 3.8) is 0 Å². The molecule has 5 heteroatoms. The molecule has 0 radical (unpaired) electrons. The van der Waals surface area contributed by atoms with Gasteiger partial charge in [0.15, 0.2) is 5.84 Å². The van der Waals surface area contributed by atoms with Crippen molar-refractivity contribution in [1.82, 2.24) is 0 Å². The predicted octanol–water partition coefficient (Wildman–Crippen LogP) is 2.52. The van der Waals surface area contributed by atoms with Crippen molar-refractivity contribution >= 4 is 17.2 Å². The number of hydrogen-bond donors (Lipinski definition) is 3. The molecule has 0 aliphatic rings. The van der Waals surface area contributed by atoms with Crippen LogP contribution in [0.3, 0.4) is 0 Å². The molecule has 0 aromatic heterocycles. The average molecular weight is 257 g/mol. The van der Waals surface area contributed by atoms with Crippen molar-refractivity contribution in [1.29, 1.82) is 10.7 Å². The lowest BCUT2D eigenvalue weighted by atomic mass is 9.85. The largest absolute Gasteiger partial charge is 0.382 e. The first-order chi connectivity index (χ1) is 8.77. The number of aryl methyl sites for hydroxylation is 1. The number of hydrogen-bond acceptors (Lipinski definition) is 4. The van der Waals surface area contributed by atoms with Gasteiger partial charge in [0.2, 0.25) is 5.71 Å². The van der Waals surface area contributed by atoms with Crippen LogP contribution in [0.25, 0.3) is 0 Å². The second kappa shape index (κ2) is 5.53. The van der Waals surface area contributed by atoms with E-state index >= 15 is 0 Å². The zero-order valence-corrected chi connectivity index (χ0v) is 11.7. The summed E-state index contributed by atoms with van der Waals surface area (Å²) >= 11 is 0. The van der Waals surface area contributed by atoms with Crippen LogP contribution in [0.15, 0.2) is 23.3 Å². The lowest BCUT2D eigenvalue weighted by molar-refractivity contribution is 0.591. The van der Waals surface area contributed by atoms with Gasteiger partial charge in [0.25, 0.3) is 0 Å². The van der Waals surface area contributed by atoms with Gasteiger partial charge < -0.3 is 5.73 Å². The number of para-hydroxylation sites is 1. The third kappa shape index (κ3) is 3.55. The highest BCUT2D eigenvalue weighted by atomic mass is 15.3. The summed E-state index contributed by atoms with van der Waals surface area (Å²) in [6, 6.07) is 7.76. The Morgan fingerprint density at radius 3 is 2.53 bits per heavy atom. The van der Waals surface area contributed by atoms with Crippen LogP contribution in [-0.2, 0) is 5.41 Å². The molecule has 1 aromatic rings.